The highest BCUT2D eigenvalue weighted by molar-refractivity contribution is 7.14. The Bertz CT molecular complexity index is 1140. The Morgan fingerprint density at radius 1 is 1.12 bits per heavy atom. The molecule has 0 fully saturated rings. The first-order chi connectivity index (χ1) is 15.5. The summed E-state index contributed by atoms with van der Waals surface area (Å²) < 4.78 is 5.71. The van der Waals surface area contributed by atoms with Gasteiger partial charge in [-0.15, -0.1) is 11.3 Å². The number of ketones is 1. The van der Waals surface area contributed by atoms with E-state index in [1.54, 1.807) is 24.3 Å². The van der Waals surface area contributed by atoms with Crippen LogP contribution < -0.4 is 15.4 Å². The predicted octanol–water partition coefficient (Wildman–Crippen LogP) is 4.37. The van der Waals surface area contributed by atoms with E-state index in [1.165, 1.54) is 18.3 Å². The number of benzene rings is 2. The fourth-order valence-electron chi connectivity index (χ4n) is 3.59. The number of nitrogens with zero attached hydrogens (tertiary/aromatic N) is 1. The molecule has 7 nitrogen and oxygen atoms in total. The summed E-state index contributed by atoms with van der Waals surface area (Å²) in [6.07, 6.45) is 0.941. The average Bonchev–Trinajstić information content (AvgIpc) is 3.26. The second-order valence-electron chi connectivity index (χ2n) is 7.52. The first-order valence-electron chi connectivity index (χ1n) is 10.4. The van der Waals surface area contributed by atoms with E-state index in [0.717, 1.165) is 22.6 Å². The van der Waals surface area contributed by atoms with Crippen LogP contribution in [0, 0.1) is 0 Å². The van der Waals surface area contributed by atoms with Crippen molar-refractivity contribution in [1.29, 1.82) is 0 Å². The van der Waals surface area contributed by atoms with E-state index in [0.29, 0.717) is 23.7 Å². The number of hydrogen-bond donors (Lipinski definition) is 2. The van der Waals surface area contributed by atoms with E-state index < -0.39 is 0 Å². The van der Waals surface area contributed by atoms with Gasteiger partial charge in [-0.2, -0.15) is 0 Å². The van der Waals surface area contributed by atoms with Gasteiger partial charge in [0, 0.05) is 48.3 Å². The van der Waals surface area contributed by atoms with E-state index >= 15 is 0 Å². The van der Waals surface area contributed by atoms with Crippen LogP contribution in [0.5, 0.6) is 5.75 Å². The van der Waals surface area contributed by atoms with Gasteiger partial charge in [0.25, 0.3) is 0 Å². The van der Waals surface area contributed by atoms with Gasteiger partial charge >= 0.3 is 0 Å². The van der Waals surface area contributed by atoms with E-state index in [4.69, 9.17) is 4.74 Å². The Labute approximate surface area is 189 Å². The molecule has 32 heavy (non-hydrogen) atoms. The lowest BCUT2D eigenvalue weighted by atomic mass is 9.97. The van der Waals surface area contributed by atoms with Gasteiger partial charge in [0.05, 0.1) is 18.3 Å². The first kappa shape index (κ1) is 21.7. The van der Waals surface area contributed by atoms with Gasteiger partial charge in [0.2, 0.25) is 11.8 Å². The van der Waals surface area contributed by atoms with E-state index in [9.17, 15) is 14.4 Å². The Morgan fingerprint density at radius 2 is 1.94 bits per heavy atom. The summed E-state index contributed by atoms with van der Waals surface area (Å²) in [5.41, 5.74) is 3.12. The second-order valence-corrected chi connectivity index (χ2v) is 8.38. The number of rotatable bonds is 7. The molecule has 0 aliphatic carbocycles. The number of fused-ring (bicyclic) bond motifs is 1. The van der Waals surface area contributed by atoms with Gasteiger partial charge in [-0.1, -0.05) is 30.3 Å². The topological polar surface area (TPSA) is 97.4 Å². The molecule has 2 aromatic carbocycles. The molecule has 2 N–H and O–H groups in total. The fraction of sp³-hybridized carbons (Fsp3) is 0.250. The van der Waals surface area contributed by atoms with E-state index in [2.05, 4.69) is 15.6 Å². The van der Waals surface area contributed by atoms with Gasteiger partial charge in [-0.05, 0) is 18.2 Å². The number of aromatic nitrogens is 1. The zero-order chi connectivity index (χ0) is 22.5. The van der Waals surface area contributed by atoms with Crippen LogP contribution in [-0.4, -0.2) is 29.2 Å². The molecule has 8 heteroatoms. The number of anilines is 1. The van der Waals surface area contributed by atoms with Gasteiger partial charge in [0.1, 0.15) is 5.75 Å². The number of nitrogens with one attached hydrogen (secondary N) is 2. The lowest BCUT2D eigenvalue weighted by Gasteiger charge is -2.26. The highest BCUT2D eigenvalue weighted by Crippen LogP contribution is 2.36. The van der Waals surface area contributed by atoms with Crippen LogP contribution in [0.4, 0.5) is 5.13 Å². The fourth-order valence-corrected chi connectivity index (χ4v) is 4.33. The van der Waals surface area contributed by atoms with Gasteiger partial charge < -0.3 is 15.4 Å². The molecule has 0 spiro atoms. The molecule has 4 rings (SSSR count). The Hall–Kier alpha value is -3.52. The van der Waals surface area contributed by atoms with Gasteiger partial charge in [0.15, 0.2) is 10.9 Å². The first-order valence-corrected chi connectivity index (χ1v) is 11.3. The van der Waals surface area contributed by atoms with E-state index in [1.807, 2.05) is 29.6 Å². The van der Waals surface area contributed by atoms with Crippen molar-refractivity contribution >= 4 is 34.1 Å². The Morgan fingerprint density at radius 3 is 2.72 bits per heavy atom. The van der Waals surface area contributed by atoms with Crippen molar-refractivity contribution in [1.82, 2.24) is 10.3 Å². The van der Waals surface area contributed by atoms with Crippen molar-refractivity contribution in [2.45, 2.75) is 32.2 Å². The summed E-state index contributed by atoms with van der Waals surface area (Å²) in [5.74, 6) is 0.355. The zero-order valence-corrected chi connectivity index (χ0v) is 18.4. The second kappa shape index (κ2) is 9.74. The molecule has 0 bridgehead atoms. The maximum absolute atomic E-state index is 12.3. The molecule has 2 heterocycles. The van der Waals surface area contributed by atoms with E-state index in [-0.39, 0.29) is 36.5 Å². The molecule has 1 unspecified atom stereocenters. The van der Waals surface area contributed by atoms with Crippen molar-refractivity contribution in [3.8, 4) is 17.0 Å². The lowest BCUT2D eigenvalue weighted by molar-refractivity contribution is -0.120. The SMILES string of the molecule is CC(=O)NC1CCOc2ccc(-c3csc(NC(=O)CCC(=O)c4ccccc4)n3)cc21. The largest absolute Gasteiger partial charge is 0.493 e. The number of carbonyl (C=O) groups excluding carboxylic acids is 3. The number of hydrogen-bond acceptors (Lipinski definition) is 6. The number of thiazole rings is 1. The van der Waals surface area contributed by atoms with Crippen molar-refractivity contribution in [3.63, 3.8) is 0 Å². The molecule has 1 atom stereocenters. The van der Waals surface area contributed by atoms with Crippen molar-refractivity contribution in [2.24, 2.45) is 0 Å². The molecular weight excluding hydrogens is 426 g/mol. The molecule has 1 aliphatic rings. The van der Waals surface area contributed by atoms with Crippen LogP contribution in [0.25, 0.3) is 11.3 Å². The number of amides is 2. The van der Waals surface area contributed by atoms with Crippen LogP contribution in [0.3, 0.4) is 0 Å². The minimum absolute atomic E-state index is 0.0643. The standard InChI is InChI=1S/C24H23N3O4S/c1-15(28)25-19-11-12-31-22-9-7-17(13-18(19)22)20-14-32-24(26-20)27-23(30)10-8-21(29)16-5-3-2-4-6-16/h2-7,9,13-14,19H,8,10-12H2,1H3,(H,25,28)(H,26,27,30). The number of Topliss-reactive ketones (excluding diaryl/α,β-unsaturated/α-hetero) is 1. The van der Waals surface area contributed by atoms with Gasteiger partial charge in [-0.25, -0.2) is 4.98 Å². The summed E-state index contributed by atoms with van der Waals surface area (Å²) in [6, 6.07) is 14.6. The quantitative estimate of drug-likeness (QED) is 0.522. The maximum Gasteiger partial charge on any atom is 0.226 e. The summed E-state index contributed by atoms with van der Waals surface area (Å²) in [5, 5.41) is 8.07. The smallest absolute Gasteiger partial charge is 0.226 e. The molecule has 1 aliphatic heterocycles. The summed E-state index contributed by atoms with van der Waals surface area (Å²) in [4.78, 5) is 40.5. The minimum atomic E-state index is -0.250. The Balaban J connectivity index is 1.40. The molecule has 164 valence electrons. The maximum atomic E-state index is 12.3. The number of ether oxygens (including phenoxy) is 1. The lowest BCUT2D eigenvalue weighted by Crippen LogP contribution is -2.30. The molecule has 2 amide bonds. The Kier molecular flexibility index (Phi) is 6.61. The normalized spacial score (nSPS) is 14.7. The average molecular weight is 450 g/mol. The zero-order valence-electron chi connectivity index (χ0n) is 17.6. The summed E-state index contributed by atoms with van der Waals surface area (Å²) in [7, 11) is 0. The molecule has 0 saturated carbocycles. The van der Waals surface area contributed by atoms with Crippen molar-refractivity contribution in [3.05, 3.63) is 65.0 Å². The molecule has 3 aromatic rings. The molecule has 0 radical (unpaired) electrons. The van der Waals surface area contributed by atoms with Crippen molar-refractivity contribution in [2.75, 3.05) is 11.9 Å². The van der Waals surface area contributed by atoms with Crippen LogP contribution in [0.1, 0.15) is 48.1 Å². The summed E-state index contributed by atoms with van der Waals surface area (Å²) >= 11 is 1.32. The highest BCUT2D eigenvalue weighted by Gasteiger charge is 2.23. The predicted molar refractivity (Wildman–Crippen MR) is 123 cm³/mol. The van der Waals surface area contributed by atoms with Crippen molar-refractivity contribution < 1.29 is 19.1 Å². The summed E-state index contributed by atoms with van der Waals surface area (Å²) in [6.45, 7) is 2.05. The monoisotopic (exact) mass is 449 g/mol. The van der Waals surface area contributed by atoms with Crippen LogP contribution in [0.2, 0.25) is 0 Å². The highest BCUT2D eigenvalue weighted by atomic mass is 32.1. The van der Waals surface area contributed by atoms with Crippen LogP contribution >= 0.6 is 11.3 Å². The van der Waals surface area contributed by atoms with Crippen LogP contribution in [-0.2, 0) is 9.59 Å². The molecular formula is C24H23N3O4S. The van der Waals surface area contributed by atoms with Crippen LogP contribution in [0.15, 0.2) is 53.9 Å². The minimum Gasteiger partial charge on any atom is -0.493 e. The third-order valence-corrected chi connectivity index (χ3v) is 5.91. The number of carbonyl (C=O) groups is 3. The molecule has 0 saturated heterocycles. The van der Waals surface area contributed by atoms with Gasteiger partial charge in [-0.3, -0.25) is 14.4 Å². The third-order valence-electron chi connectivity index (χ3n) is 5.15. The third kappa shape index (κ3) is 5.20. The molecule has 1 aromatic heterocycles.